The molecule has 28 heavy (non-hydrogen) atoms. The summed E-state index contributed by atoms with van der Waals surface area (Å²) in [6.07, 6.45) is 7.52. The van der Waals surface area contributed by atoms with Gasteiger partial charge in [0.15, 0.2) is 5.69 Å². The second kappa shape index (κ2) is 9.21. The molecule has 1 aromatic carbocycles. The van der Waals surface area contributed by atoms with Crippen molar-refractivity contribution in [3.8, 4) is 5.75 Å². The fraction of sp³-hybridized carbons (Fsp3) is 0.524. The first kappa shape index (κ1) is 19.0. The Balaban J connectivity index is 1.38. The van der Waals surface area contributed by atoms with E-state index in [1.807, 2.05) is 35.1 Å². The number of hydrogen-bond donors (Lipinski definition) is 2. The van der Waals surface area contributed by atoms with Gasteiger partial charge in [0.2, 0.25) is 0 Å². The normalized spacial score (nSPS) is 22.6. The molecule has 2 saturated heterocycles. The minimum Gasteiger partial charge on any atom is -0.489 e. The molecule has 2 aliphatic heterocycles. The molecular weight excluding hydrogens is 356 g/mol. The smallest absolute Gasteiger partial charge is 0.276 e. The first-order chi connectivity index (χ1) is 13.8. The minimum atomic E-state index is -0.229. The van der Waals surface area contributed by atoms with Crippen LogP contribution in [0.3, 0.4) is 0 Å². The Morgan fingerprint density at radius 2 is 2.18 bits per heavy atom. The minimum absolute atomic E-state index is 0.123. The third kappa shape index (κ3) is 4.72. The molecule has 1 aromatic heterocycles. The van der Waals surface area contributed by atoms with Crippen LogP contribution < -0.4 is 15.4 Å². The highest BCUT2D eigenvalue weighted by Crippen LogP contribution is 2.25. The lowest BCUT2D eigenvalue weighted by molar-refractivity contribution is -0.0109. The zero-order chi connectivity index (χ0) is 19.2. The van der Waals surface area contributed by atoms with Crippen molar-refractivity contribution in [2.45, 2.75) is 44.2 Å². The van der Waals surface area contributed by atoms with Crippen LogP contribution in [-0.2, 0) is 4.74 Å². The Labute approximate surface area is 165 Å². The molecule has 1 amide bonds. The van der Waals surface area contributed by atoms with Gasteiger partial charge < -0.3 is 20.1 Å². The highest BCUT2D eigenvalue weighted by Gasteiger charge is 2.19. The van der Waals surface area contributed by atoms with Crippen LogP contribution in [0.1, 0.15) is 48.6 Å². The molecule has 0 saturated carbocycles. The number of nitrogens with one attached hydrogen (secondary N) is 2. The molecule has 2 fully saturated rings. The van der Waals surface area contributed by atoms with E-state index >= 15 is 0 Å². The van der Waals surface area contributed by atoms with Gasteiger partial charge >= 0.3 is 0 Å². The van der Waals surface area contributed by atoms with Crippen LogP contribution >= 0.6 is 0 Å². The van der Waals surface area contributed by atoms with Crippen LogP contribution in [0.2, 0.25) is 0 Å². The molecule has 2 aromatic rings. The average molecular weight is 384 g/mol. The Morgan fingerprint density at radius 1 is 1.25 bits per heavy atom. The van der Waals surface area contributed by atoms with Crippen LogP contribution in [0.4, 0.5) is 5.69 Å². The van der Waals surface area contributed by atoms with Crippen molar-refractivity contribution in [1.29, 1.82) is 0 Å². The van der Waals surface area contributed by atoms with Crippen LogP contribution in [0.5, 0.6) is 5.75 Å². The number of carbonyl (C=O) groups is 1. The predicted octanol–water partition coefficient (Wildman–Crippen LogP) is 3.01. The van der Waals surface area contributed by atoms with E-state index in [4.69, 9.17) is 9.47 Å². The van der Waals surface area contributed by atoms with E-state index in [0.717, 1.165) is 45.4 Å². The highest BCUT2D eigenvalue weighted by atomic mass is 16.5. The van der Waals surface area contributed by atoms with Gasteiger partial charge in [-0.2, -0.15) is 5.10 Å². The summed E-state index contributed by atoms with van der Waals surface area (Å²) in [4.78, 5) is 12.7. The van der Waals surface area contributed by atoms with Crippen LogP contribution in [0, 0.1) is 0 Å². The molecule has 2 aliphatic rings. The molecule has 7 nitrogen and oxygen atoms in total. The van der Waals surface area contributed by atoms with Gasteiger partial charge in [0.1, 0.15) is 12.4 Å². The summed E-state index contributed by atoms with van der Waals surface area (Å²) in [6, 6.07) is 9.57. The van der Waals surface area contributed by atoms with Crippen molar-refractivity contribution >= 4 is 11.6 Å². The molecule has 0 bridgehead atoms. The number of amides is 1. The van der Waals surface area contributed by atoms with Gasteiger partial charge in [-0.3, -0.25) is 9.48 Å². The molecule has 4 rings (SSSR count). The summed E-state index contributed by atoms with van der Waals surface area (Å²) in [7, 11) is 0. The molecule has 2 N–H and O–H groups in total. The number of para-hydroxylation sites is 2. The van der Waals surface area contributed by atoms with Crippen LogP contribution in [0.15, 0.2) is 36.5 Å². The molecular formula is C21H28N4O3. The quantitative estimate of drug-likeness (QED) is 0.801. The standard InChI is InChI=1S/C21H28N4O3/c26-21(19-10-12-25(24-19)16-6-5-11-22-14-16)23-18-8-1-2-9-20(18)28-15-17-7-3-4-13-27-17/h1-2,8-10,12,16-17,22H,3-7,11,13-15H2,(H,23,26). The lowest BCUT2D eigenvalue weighted by atomic mass is 10.1. The zero-order valence-electron chi connectivity index (χ0n) is 16.1. The van der Waals surface area contributed by atoms with E-state index in [-0.39, 0.29) is 12.0 Å². The number of rotatable bonds is 6. The fourth-order valence-electron chi connectivity index (χ4n) is 3.73. The Hall–Kier alpha value is -2.38. The molecule has 2 unspecified atom stereocenters. The van der Waals surface area contributed by atoms with Gasteiger partial charge in [-0.15, -0.1) is 0 Å². The van der Waals surface area contributed by atoms with Gasteiger partial charge in [0, 0.05) is 19.3 Å². The van der Waals surface area contributed by atoms with Crippen molar-refractivity contribution in [3.63, 3.8) is 0 Å². The van der Waals surface area contributed by atoms with Gasteiger partial charge in [-0.05, 0) is 56.8 Å². The average Bonchev–Trinajstić information content (AvgIpc) is 3.25. The molecule has 0 spiro atoms. The number of carbonyl (C=O) groups excluding carboxylic acids is 1. The van der Waals surface area contributed by atoms with E-state index in [1.165, 1.54) is 6.42 Å². The maximum atomic E-state index is 12.7. The molecule has 0 aliphatic carbocycles. The molecule has 2 atom stereocenters. The summed E-state index contributed by atoms with van der Waals surface area (Å²) >= 11 is 0. The van der Waals surface area contributed by atoms with E-state index in [9.17, 15) is 4.79 Å². The predicted molar refractivity (Wildman–Crippen MR) is 107 cm³/mol. The van der Waals surface area contributed by atoms with E-state index in [0.29, 0.717) is 29.8 Å². The first-order valence-electron chi connectivity index (χ1n) is 10.2. The summed E-state index contributed by atoms with van der Waals surface area (Å²) < 4.78 is 13.6. The van der Waals surface area contributed by atoms with Gasteiger partial charge in [-0.1, -0.05) is 12.1 Å². The lowest BCUT2D eigenvalue weighted by Gasteiger charge is -2.23. The maximum absolute atomic E-state index is 12.7. The Bertz CT molecular complexity index is 779. The number of hydrogen-bond acceptors (Lipinski definition) is 5. The maximum Gasteiger partial charge on any atom is 0.276 e. The number of piperidine rings is 1. The number of anilines is 1. The third-order valence-corrected chi connectivity index (χ3v) is 5.32. The number of ether oxygens (including phenoxy) is 2. The molecule has 3 heterocycles. The Morgan fingerprint density at radius 3 is 3.00 bits per heavy atom. The number of aromatic nitrogens is 2. The van der Waals surface area contributed by atoms with E-state index in [1.54, 1.807) is 6.07 Å². The SMILES string of the molecule is O=C(Nc1ccccc1OCC1CCCCO1)c1ccn(C2CCCNC2)n1. The summed E-state index contributed by atoms with van der Waals surface area (Å²) in [6.45, 7) is 3.23. The molecule has 150 valence electrons. The summed E-state index contributed by atoms with van der Waals surface area (Å²) in [5.74, 6) is 0.424. The fourth-order valence-corrected chi connectivity index (χ4v) is 3.73. The molecule has 0 radical (unpaired) electrons. The number of nitrogens with zero attached hydrogens (tertiary/aromatic N) is 2. The van der Waals surface area contributed by atoms with Crippen molar-refractivity contribution in [3.05, 3.63) is 42.2 Å². The number of benzene rings is 1. The first-order valence-corrected chi connectivity index (χ1v) is 10.2. The highest BCUT2D eigenvalue weighted by molar-refractivity contribution is 6.03. The summed E-state index contributed by atoms with van der Waals surface area (Å²) in [5.41, 5.74) is 1.06. The van der Waals surface area contributed by atoms with Crippen molar-refractivity contribution < 1.29 is 14.3 Å². The largest absolute Gasteiger partial charge is 0.489 e. The monoisotopic (exact) mass is 384 g/mol. The van der Waals surface area contributed by atoms with E-state index < -0.39 is 0 Å². The second-order valence-corrected chi connectivity index (χ2v) is 7.43. The topological polar surface area (TPSA) is 77.4 Å². The van der Waals surface area contributed by atoms with Crippen molar-refractivity contribution in [2.24, 2.45) is 0 Å². The second-order valence-electron chi connectivity index (χ2n) is 7.43. The lowest BCUT2D eigenvalue weighted by Crippen LogP contribution is -2.32. The van der Waals surface area contributed by atoms with Gasteiger partial charge in [-0.25, -0.2) is 0 Å². The van der Waals surface area contributed by atoms with Crippen molar-refractivity contribution in [1.82, 2.24) is 15.1 Å². The van der Waals surface area contributed by atoms with Crippen LogP contribution in [-0.4, -0.2) is 48.1 Å². The molecule has 7 heteroatoms. The third-order valence-electron chi connectivity index (χ3n) is 5.32. The summed E-state index contributed by atoms with van der Waals surface area (Å²) in [5, 5.41) is 10.8. The van der Waals surface area contributed by atoms with Gasteiger partial charge in [0.25, 0.3) is 5.91 Å². The zero-order valence-corrected chi connectivity index (χ0v) is 16.1. The van der Waals surface area contributed by atoms with Crippen LogP contribution in [0.25, 0.3) is 0 Å². The Kier molecular flexibility index (Phi) is 6.24. The van der Waals surface area contributed by atoms with Gasteiger partial charge in [0.05, 0.1) is 17.8 Å². The van der Waals surface area contributed by atoms with E-state index in [2.05, 4.69) is 15.7 Å². The van der Waals surface area contributed by atoms with Crippen molar-refractivity contribution in [2.75, 3.05) is 31.6 Å².